The van der Waals surface area contributed by atoms with Gasteiger partial charge in [0.2, 0.25) is 0 Å². The maximum Gasteiger partial charge on any atom is 0.316 e. The first-order chi connectivity index (χ1) is 17.0. The lowest BCUT2D eigenvalue weighted by atomic mass is 9.44. The first-order valence-electron chi connectivity index (χ1n) is 12.8. The quantitative estimate of drug-likeness (QED) is 0.139. The van der Waals surface area contributed by atoms with Gasteiger partial charge in [-0.2, -0.15) is 0 Å². The molecule has 196 valence electrons. The normalized spacial score (nSPS) is 40.4. The molecule has 2 N–H and O–H groups in total. The second kappa shape index (κ2) is 9.93. The summed E-state index contributed by atoms with van der Waals surface area (Å²) in [5.41, 5.74) is -0.798. The number of hydrogen-bond acceptors (Lipinski definition) is 8. The predicted octanol–water partition coefficient (Wildman–Crippen LogP) is 4.89. The molecule has 3 aliphatic carbocycles. The summed E-state index contributed by atoms with van der Waals surface area (Å²) in [4.78, 5) is 30.9. The number of hydrogen-bond donors (Lipinski definition) is 2. The number of aliphatic hydroxyl groups excluding tert-OH is 1. The average Bonchev–Trinajstić information content (AvgIpc) is 3.22. The molecule has 0 radical (unpaired) electrons. The van der Waals surface area contributed by atoms with Crippen molar-refractivity contribution in [2.45, 2.75) is 77.0 Å². The lowest BCUT2D eigenvalue weighted by Gasteiger charge is -2.61. The summed E-state index contributed by atoms with van der Waals surface area (Å²) >= 11 is 1.25. The minimum absolute atomic E-state index is 0.0567. The van der Waals surface area contributed by atoms with Gasteiger partial charge in [0.25, 0.3) is 0 Å². The van der Waals surface area contributed by atoms with E-state index in [9.17, 15) is 14.7 Å². The average molecular weight is 515 g/mol. The molecule has 0 aromatic carbocycles. The van der Waals surface area contributed by atoms with Crippen LogP contribution in [0.4, 0.5) is 0 Å². The summed E-state index contributed by atoms with van der Waals surface area (Å²) in [5.74, 6) is -0.187. The fraction of sp³-hybridized carbons (Fsp3) is 0.643. The highest BCUT2D eigenvalue weighted by Gasteiger charge is 2.68. The Hall–Kier alpha value is -2.19. The number of ketones is 1. The molecule has 0 aliphatic heterocycles. The fourth-order valence-electron chi connectivity index (χ4n) is 7.48. The summed E-state index contributed by atoms with van der Waals surface area (Å²) in [6.45, 7) is 12.5. The molecule has 0 amide bonds. The highest BCUT2D eigenvalue weighted by Crippen LogP contribution is 2.68. The van der Waals surface area contributed by atoms with E-state index in [0.717, 1.165) is 19.3 Å². The third kappa shape index (κ3) is 4.30. The van der Waals surface area contributed by atoms with Gasteiger partial charge in [0.05, 0.1) is 23.1 Å². The van der Waals surface area contributed by atoms with E-state index >= 15 is 0 Å². The van der Waals surface area contributed by atoms with Gasteiger partial charge < -0.3 is 15.1 Å². The van der Waals surface area contributed by atoms with E-state index in [2.05, 4.69) is 37.5 Å². The van der Waals surface area contributed by atoms with Crippen LogP contribution in [0.1, 0.15) is 65.4 Å². The Bertz CT molecular complexity index is 1060. The molecule has 0 saturated heterocycles. The van der Waals surface area contributed by atoms with E-state index in [1.165, 1.54) is 18.0 Å². The van der Waals surface area contributed by atoms with E-state index in [1.807, 2.05) is 6.92 Å². The van der Waals surface area contributed by atoms with Crippen molar-refractivity contribution in [2.75, 3.05) is 5.75 Å². The number of oxime groups is 1. The molecule has 8 heteroatoms. The molecule has 8 atom stereocenters. The smallest absolute Gasteiger partial charge is 0.316 e. The first kappa shape index (κ1) is 26.9. The number of aromatic nitrogens is 1. The topological polar surface area (TPSA) is 109 Å². The molecule has 2 bridgehead atoms. The predicted molar refractivity (Wildman–Crippen MR) is 139 cm³/mol. The molecular formula is C28H38N2O5S. The molecule has 0 unspecified atom stereocenters. The van der Waals surface area contributed by atoms with E-state index in [-0.39, 0.29) is 40.7 Å². The van der Waals surface area contributed by atoms with Crippen molar-refractivity contribution in [3.05, 3.63) is 36.5 Å². The zero-order valence-electron chi connectivity index (χ0n) is 21.6. The lowest BCUT2D eigenvalue weighted by molar-refractivity contribution is -0.205. The zero-order chi connectivity index (χ0) is 26.3. The summed E-state index contributed by atoms with van der Waals surface area (Å²) in [7, 11) is 0. The lowest BCUT2D eigenvalue weighted by Crippen LogP contribution is -2.63. The van der Waals surface area contributed by atoms with Crippen molar-refractivity contribution in [3.63, 3.8) is 0 Å². The number of carbonyl (C=O) groups is 2. The maximum absolute atomic E-state index is 13.5. The van der Waals surface area contributed by atoms with Gasteiger partial charge in [-0.15, -0.1) is 6.58 Å². The summed E-state index contributed by atoms with van der Waals surface area (Å²) in [5, 5.41) is 24.0. The van der Waals surface area contributed by atoms with Gasteiger partial charge in [0.15, 0.2) is 0 Å². The Balaban J connectivity index is 1.65. The van der Waals surface area contributed by atoms with Crippen molar-refractivity contribution in [1.29, 1.82) is 0 Å². The molecule has 0 spiro atoms. The molecule has 3 fully saturated rings. The zero-order valence-corrected chi connectivity index (χ0v) is 22.5. The number of esters is 1. The van der Waals surface area contributed by atoms with Crippen LogP contribution in [0.3, 0.4) is 0 Å². The number of nitrogens with zero attached hydrogens (tertiary/aromatic N) is 2. The molecule has 36 heavy (non-hydrogen) atoms. The molecule has 4 rings (SSSR count). The van der Waals surface area contributed by atoms with Crippen molar-refractivity contribution in [3.8, 4) is 0 Å². The molecule has 1 aromatic rings. The van der Waals surface area contributed by atoms with Crippen molar-refractivity contribution in [2.24, 2.45) is 39.2 Å². The van der Waals surface area contributed by atoms with E-state index in [4.69, 9.17) is 9.94 Å². The van der Waals surface area contributed by atoms with Crippen LogP contribution in [0.25, 0.3) is 0 Å². The number of aliphatic hydroxyl groups is 1. The molecule has 7 nitrogen and oxygen atoms in total. The highest BCUT2D eigenvalue weighted by molar-refractivity contribution is 7.99. The van der Waals surface area contributed by atoms with Crippen LogP contribution < -0.4 is 0 Å². The summed E-state index contributed by atoms with van der Waals surface area (Å²) in [6.07, 6.45) is 7.04. The first-order valence-corrected chi connectivity index (χ1v) is 13.8. The van der Waals surface area contributed by atoms with Crippen LogP contribution >= 0.6 is 11.8 Å². The Kier molecular flexibility index (Phi) is 7.41. The van der Waals surface area contributed by atoms with Crippen LogP contribution in [-0.4, -0.2) is 51.2 Å². The standard InChI is InChI=1S/C28H38N2O5S/c1-6-26(4)14-21(35-23(32)16-36-22-13-19(15-30-34)9-12-29-22)27(5)17(2)7-10-28(18(3)25(26)33)11-8-20(31)24(27)28/h6,9,12-13,15,17-18,21,24-25,33-34H,1,7-8,10-11,14,16H2,2-5H3/b30-15+/t17-,18+,21-,24+,25+,26-,27+,28+/m1/s1. The molecule has 3 saturated carbocycles. The van der Waals surface area contributed by atoms with Crippen LogP contribution in [0.15, 0.2) is 41.2 Å². The maximum atomic E-state index is 13.5. The van der Waals surface area contributed by atoms with Crippen molar-refractivity contribution < 1.29 is 24.6 Å². The number of pyridine rings is 1. The second-order valence-electron chi connectivity index (χ2n) is 11.5. The largest absolute Gasteiger partial charge is 0.461 e. The monoisotopic (exact) mass is 514 g/mol. The van der Waals surface area contributed by atoms with Crippen LogP contribution in [0.2, 0.25) is 0 Å². The van der Waals surface area contributed by atoms with E-state index in [1.54, 1.807) is 24.4 Å². The van der Waals surface area contributed by atoms with Gasteiger partial charge in [0, 0.05) is 34.9 Å². The number of rotatable bonds is 6. The Morgan fingerprint density at radius 2 is 2.11 bits per heavy atom. The summed E-state index contributed by atoms with van der Waals surface area (Å²) in [6, 6.07) is 3.44. The van der Waals surface area contributed by atoms with Crippen molar-refractivity contribution in [1.82, 2.24) is 4.98 Å². The van der Waals surface area contributed by atoms with Crippen molar-refractivity contribution >= 4 is 29.7 Å². The molecule has 1 heterocycles. The number of carbonyl (C=O) groups excluding carboxylic acids is 2. The minimum atomic E-state index is -0.683. The van der Waals surface area contributed by atoms with Gasteiger partial charge in [-0.3, -0.25) is 9.59 Å². The van der Waals surface area contributed by atoms with Gasteiger partial charge in [0.1, 0.15) is 11.9 Å². The third-order valence-corrected chi connectivity index (χ3v) is 10.8. The fourth-order valence-corrected chi connectivity index (χ4v) is 8.17. The van der Waals surface area contributed by atoms with Gasteiger partial charge in [-0.25, -0.2) is 4.98 Å². The van der Waals surface area contributed by atoms with Crippen LogP contribution in [0, 0.1) is 34.0 Å². The highest BCUT2D eigenvalue weighted by atomic mass is 32.2. The SMILES string of the molecule is C=C[C@]1(C)C[C@@H](OC(=O)CSc2cc(/C=N/O)ccn2)[C@]2(C)[C@H](C)CC[C@]3(CCC(=O)[C@H]32)[C@@H](C)[C@@H]1O. The number of ether oxygens (including phenoxy) is 1. The van der Waals surface area contributed by atoms with Gasteiger partial charge in [-0.1, -0.05) is 50.7 Å². The molecule has 3 aliphatic rings. The Morgan fingerprint density at radius 1 is 1.36 bits per heavy atom. The number of Topliss-reactive ketones (excluding diaryl/α,β-unsaturated/α-hetero) is 1. The Morgan fingerprint density at radius 3 is 2.81 bits per heavy atom. The number of thioether (sulfide) groups is 1. The molecule has 1 aromatic heterocycles. The van der Waals surface area contributed by atoms with Gasteiger partial charge >= 0.3 is 5.97 Å². The summed E-state index contributed by atoms with van der Waals surface area (Å²) < 4.78 is 6.25. The van der Waals surface area contributed by atoms with Gasteiger partial charge in [-0.05, 0) is 55.1 Å². The Labute approximate surface area is 217 Å². The van der Waals surface area contributed by atoms with E-state index < -0.39 is 23.0 Å². The van der Waals surface area contributed by atoms with E-state index in [0.29, 0.717) is 23.4 Å². The van der Waals surface area contributed by atoms with Crippen LogP contribution in [0.5, 0.6) is 0 Å². The molecular weight excluding hydrogens is 476 g/mol. The second-order valence-corrected chi connectivity index (χ2v) is 12.5. The minimum Gasteiger partial charge on any atom is -0.461 e. The van der Waals surface area contributed by atoms with Crippen LogP contribution in [-0.2, 0) is 14.3 Å². The third-order valence-electron chi connectivity index (χ3n) is 9.88.